The predicted molar refractivity (Wildman–Crippen MR) is 83.7 cm³/mol. The van der Waals surface area contributed by atoms with Crippen LogP contribution < -0.4 is 0 Å². The van der Waals surface area contributed by atoms with Crippen LogP contribution in [0.2, 0.25) is 5.02 Å². The molecule has 2 heterocycles. The van der Waals surface area contributed by atoms with E-state index in [0.717, 1.165) is 22.4 Å². The normalized spacial score (nSPS) is 11.4. The Balaban J connectivity index is 2.29. The standard InChI is InChI=1S/C15H13ClN2OS/c1-8(2)12-13(17-7-18-15(12)20)11-6-9-4-3-5-10(16)14(9)19-11/h3-8H,1-2H3,(H,17,18,20). The van der Waals surface area contributed by atoms with Gasteiger partial charge < -0.3 is 9.40 Å². The molecule has 3 nitrogen and oxygen atoms in total. The Morgan fingerprint density at radius 2 is 2.15 bits per heavy atom. The number of hydrogen-bond acceptors (Lipinski definition) is 3. The second kappa shape index (κ2) is 5.04. The quantitative estimate of drug-likeness (QED) is 0.651. The lowest BCUT2D eigenvalue weighted by Gasteiger charge is -2.09. The van der Waals surface area contributed by atoms with Gasteiger partial charge >= 0.3 is 0 Å². The number of para-hydroxylation sites is 1. The number of furan rings is 1. The number of hydrogen-bond donors (Lipinski definition) is 1. The second-order valence-electron chi connectivity index (χ2n) is 4.92. The summed E-state index contributed by atoms with van der Waals surface area (Å²) in [7, 11) is 0. The second-order valence-corrected chi connectivity index (χ2v) is 5.71. The molecule has 3 rings (SSSR count). The van der Waals surface area contributed by atoms with Gasteiger partial charge in [0.2, 0.25) is 0 Å². The molecule has 1 aromatic carbocycles. The van der Waals surface area contributed by atoms with E-state index in [1.54, 1.807) is 6.33 Å². The molecule has 0 saturated heterocycles. The summed E-state index contributed by atoms with van der Waals surface area (Å²) in [6.07, 6.45) is 1.60. The summed E-state index contributed by atoms with van der Waals surface area (Å²) in [6, 6.07) is 7.66. The van der Waals surface area contributed by atoms with Gasteiger partial charge in [-0.15, -0.1) is 0 Å². The first-order chi connectivity index (χ1) is 9.58. The Hall–Kier alpha value is -1.65. The van der Waals surface area contributed by atoms with Gasteiger partial charge in [-0.25, -0.2) is 4.98 Å². The molecule has 0 atom stereocenters. The van der Waals surface area contributed by atoms with Gasteiger partial charge in [0.1, 0.15) is 4.64 Å². The van der Waals surface area contributed by atoms with Crippen molar-refractivity contribution in [1.29, 1.82) is 0 Å². The molecular weight excluding hydrogens is 292 g/mol. The third-order valence-electron chi connectivity index (χ3n) is 3.21. The van der Waals surface area contributed by atoms with Crippen molar-refractivity contribution < 1.29 is 4.42 Å². The highest BCUT2D eigenvalue weighted by atomic mass is 35.5. The van der Waals surface area contributed by atoms with E-state index < -0.39 is 0 Å². The molecule has 1 N–H and O–H groups in total. The van der Waals surface area contributed by atoms with Crippen LogP contribution in [0.3, 0.4) is 0 Å². The summed E-state index contributed by atoms with van der Waals surface area (Å²) >= 11 is 11.5. The molecule has 0 spiro atoms. The van der Waals surface area contributed by atoms with Crippen LogP contribution >= 0.6 is 23.8 Å². The van der Waals surface area contributed by atoms with E-state index >= 15 is 0 Å². The number of H-pyrrole nitrogens is 1. The van der Waals surface area contributed by atoms with Gasteiger partial charge in [-0.1, -0.05) is 49.8 Å². The topological polar surface area (TPSA) is 41.8 Å². The summed E-state index contributed by atoms with van der Waals surface area (Å²) in [6.45, 7) is 4.17. The fourth-order valence-corrected chi connectivity index (χ4v) is 2.91. The minimum absolute atomic E-state index is 0.256. The fraction of sp³-hybridized carbons (Fsp3) is 0.200. The summed E-state index contributed by atoms with van der Waals surface area (Å²) < 4.78 is 6.49. The van der Waals surface area contributed by atoms with Crippen molar-refractivity contribution in [2.75, 3.05) is 0 Å². The van der Waals surface area contributed by atoms with Gasteiger partial charge in [-0.2, -0.15) is 0 Å². The maximum atomic E-state index is 6.15. The number of aromatic nitrogens is 2. The number of fused-ring (bicyclic) bond motifs is 1. The molecule has 0 amide bonds. The van der Waals surface area contributed by atoms with Crippen LogP contribution in [0.25, 0.3) is 22.4 Å². The van der Waals surface area contributed by atoms with Crippen LogP contribution in [-0.4, -0.2) is 9.97 Å². The molecule has 0 aliphatic heterocycles. The Morgan fingerprint density at radius 1 is 1.35 bits per heavy atom. The summed E-state index contributed by atoms with van der Waals surface area (Å²) in [4.78, 5) is 7.29. The van der Waals surface area contributed by atoms with Crippen LogP contribution in [0.4, 0.5) is 0 Å². The number of nitrogens with zero attached hydrogens (tertiary/aromatic N) is 1. The lowest BCUT2D eigenvalue weighted by molar-refractivity contribution is 0.625. The van der Waals surface area contributed by atoms with E-state index in [1.165, 1.54) is 0 Å². The van der Waals surface area contributed by atoms with Crippen molar-refractivity contribution in [3.8, 4) is 11.5 Å². The van der Waals surface area contributed by atoms with Gasteiger partial charge in [-0.3, -0.25) is 0 Å². The van der Waals surface area contributed by atoms with Gasteiger partial charge in [0.05, 0.1) is 17.0 Å². The fourth-order valence-electron chi connectivity index (χ4n) is 2.30. The minimum Gasteiger partial charge on any atom is -0.453 e. The SMILES string of the molecule is CC(C)c1c(-c2cc3cccc(Cl)c3o2)[nH]cnc1=S. The first kappa shape index (κ1) is 13.3. The monoisotopic (exact) mass is 304 g/mol. The molecule has 5 heteroatoms. The highest BCUT2D eigenvalue weighted by Crippen LogP contribution is 2.34. The first-order valence-electron chi connectivity index (χ1n) is 6.34. The van der Waals surface area contributed by atoms with Gasteiger partial charge in [0.15, 0.2) is 11.3 Å². The minimum atomic E-state index is 0.256. The third-order valence-corrected chi connectivity index (χ3v) is 3.83. The molecule has 2 aromatic heterocycles. The number of halogens is 1. The zero-order valence-electron chi connectivity index (χ0n) is 11.1. The average Bonchev–Trinajstić information content (AvgIpc) is 2.83. The number of aromatic amines is 1. The van der Waals surface area contributed by atoms with E-state index in [1.807, 2.05) is 24.3 Å². The molecule has 0 unspecified atom stereocenters. The lowest BCUT2D eigenvalue weighted by atomic mass is 10.0. The van der Waals surface area contributed by atoms with Gasteiger partial charge in [0.25, 0.3) is 0 Å². The van der Waals surface area contributed by atoms with E-state index in [2.05, 4.69) is 23.8 Å². The summed E-state index contributed by atoms with van der Waals surface area (Å²) in [5, 5.41) is 1.57. The zero-order chi connectivity index (χ0) is 14.3. The summed E-state index contributed by atoms with van der Waals surface area (Å²) in [5.74, 6) is 0.983. The smallest absolute Gasteiger partial charge is 0.153 e. The van der Waals surface area contributed by atoms with E-state index in [9.17, 15) is 0 Å². The predicted octanol–water partition coefficient (Wildman–Crippen LogP) is 5.33. The number of nitrogens with one attached hydrogen (secondary N) is 1. The highest BCUT2D eigenvalue weighted by molar-refractivity contribution is 7.71. The van der Waals surface area contributed by atoms with Crippen molar-refractivity contribution in [3.63, 3.8) is 0 Å². The Morgan fingerprint density at radius 3 is 2.85 bits per heavy atom. The molecule has 0 aliphatic carbocycles. The molecule has 3 aromatic rings. The van der Waals surface area contributed by atoms with E-state index in [-0.39, 0.29) is 5.92 Å². The zero-order valence-corrected chi connectivity index (χ0v) is 12.7. The first-order valence-corrected chi connectivity index (χ1v) is 7.12. The van der Waals surface area contributed by atoms with Gasteiger partial charge in [0, 0.05) is 10.9 Å². The number of rotatable bonds is 2. The summed E-state index contributed by atoms with van der Waals surface area (Å²) in [5.41, 5.74) is 2.54. The molecule has 0 bridgehead atoms. The van der Waals surface area contributed by atoms with Crippen molar-refractivity contribution in [2.45, 2.75) is 19.8 Å². The molecule has 0 aliphatic rings. The Labute approximate surface area is 126 Å². The van der Waals surface area contributed by atoms with E-state index in [0.29, 0.717) is 15.2 Å². The molecule has 0 saturated carbocycles. The maximum absolute atomic E-state index is 6.15. The van der Waals surface area contributed by atoms with Crippen LogP contribution in [0.1, 0.15) is 25.3 Å². The highest BCUT2D eigenvalue weighted by Gasteiger charge is 2.16. The largest absolute Gasteiger partial charge is 0.453 e. The Bertz CT molecular complexity index is 835. The Kier molecular flexibility index (Phi) is 3.36. The maximum Gasteiger partial charge on any atom is 0.153 e. The van der Waals surface area contributed by atoms with Crippen LogP contribution in [0.5, 0.6) is 0 Å². The van der Waals surface area contributed by atoms with Crippen LogP contribution in [0.15, 0.2) is 35.0 Å². The molecular formula is C15H13ClN2OS. The van der Waals surface area contributed by atoms with Crippen LogP contribution in [0, 0.1) is 4.64 Å². The van der Waals surface area contributed by atoms with Crippen LogP contribution in [-0.2, 0) is 0 Å². The molecule has 0 radical (unpaired) electrons. The van der Waals surface area contributed by atoms with Crippen molar-refractivity contribution in [3.05, 3.63) is 45.8 Å². The van der Waals surface area contributed by atoms with Crippen molar-refractivity contribution in [1.82, 2.24) is 9.97 Å². The average molecular weight is 305 g/mol. The van der Waals surface area contributed by atoms with Gasteiger partial charge in [-0.05, 0) is 18.1 Å². The molecule has 0 fully saturated rings. The third kappa shape index (κ3) is 2.15. The van der Waals surface area contributed by atoms with E-state index in [4.69, 9.17) is 28.2 Å². The van der Waals surface area contributed by atoms with Crippen molar-refractivity contribution >= 4 is 34.8 Å². The lowest BCUT2D eigenvalue weighted by Crippen LogP contribution is -1.98. The number of benzene rings is 1. The molecule has 102 valence electrons. The molecule has 20 heavy (non-hydrogen) atoms. The van der Waals surface area contributed by atoms with Crippen molar-refractivity contribution in [2.24, 2.45) is 0 Å².